The maximum absolute atomic E-state index is 11.2. The molecule has 0 saturated carbocycles. The van der Waals surface area contributed by atoms with E-state index in [1.165, 1.54) is 12.3 Å². The van der Waals surface area contributed by atoms with Gasteiger partial charge in [0.05, 0.1) is 30.4 Å². The molecule has 0 spiro atoms. The molecule has 0 saturated heterocycles. The highest BCUT2D eigenvalue weighted by atomic mass is 16.5. The average Bonchev–Trinajstić information content (AvgIpc) is 2.38. The van der Waals surface area contributed by atoms with Gasteiger partial charge in [-0.1, -0.05) is 0 Å². The zero-order valence-electron chi connectivity index (χ0n) is 10.3. The third kappa shape index (κ3) is 4.31. The number of aromatic nitrogens is 1. The smallest absolute Gasteiger partial charge is 0.335 e. The predicted molar refractivity (Wildman–Crippen MR) is 63.4 cm³/mol. The zero-order valence-corrected chi connectivity index (χ0v) is 10.3. The Morgan fingerprint density at radius 2 is 2.11 bits per heavy atom. The molecule has 1 heterocycles. The lowest BCUT2D eigenvalue weighted by atomic mass is 10.1. The van der Waals surface area contributed by atoms with E-state index in [4.69, 9.17) is 5.11 Å². The van der Waals surface area contributed by atoms with Crippen molar-refractivity contribution in [3.63, 3.8) is 0 Å². The monoisotopic (exact) mass is 269 g/mol. The van der Waals surface area contributed by atoms with Crippen LogP contribution in [0.5, 0.6) is 0 Å². The SMILES string of the molecule is CCOC(=O)CC(O)C(O)c1cc(C(=O)O)ccn1. The topological polar surface area (TPSA) is 117 Å². The molecule has 1 aromatic heterocycles. The largest absolute Gasteiger partial charge is 0.478 e. The fourth-order valence-electron chi connectivity index (χ4n) is 1.44. The van der Waals surface area contributed by atoms with Gasteiger partial charge in [0.15, 0.2) is 0 Å². The van der Waals surface area contributed by atoms with E-state index >= 15 is 0 Å². The quantitative estimate of drug-likeness (QED) is 0.628. The van der Waals surface area contributed by atoms with Gasteiger partial charge in [-0.3, -0.25) is 9.78 Å². The second-order valence-electron chi connectivity index (χ2n) is 3.80. The molecule has 0 radical (unpaired) electrons. The number of esters is 1. The molecular formula is C12H15NO6. The first-order chi connectivity index (χ1) is 8.95. The second-order valence-corrected chi connectivity index (χ2v) is 3.80. The summed E-state index contributed by atoms with van der Waals surface area (Å²) < 4.78 is 4.64. The molecule has 1 aromatic rings. The van der Waals surface area contributed by atoms with E-state index in [0.717, 1.165) is 6.07 Å². The first kappa shape index (κ1) is 15.1. The summed E-state index contributed by atoms with van der Waals surface area (Å²) in [7, 11) is 0. The number of carboxylic acids is 1. The Morgan fingerprint density at radius 1 is 1.42 bits per heavy atom. The van der Waals surface area contributed by atoms with Gasteiger partial charge in [0.25, 0.3) is 0 Å². The van der Waals surface area contributed by atoms with Crippen LogP contribution in [0.25, 0.3) is 0 Å². The molecule has 0 aliphatic heterocycles. The van der Waals surface area contributed by atoms with Crippen molar-refractivity contribution in [1.29, 1.82) is 0 Å². The Hall–Kier alpha value is -1.99. The summed E-state index contributed by atoms with van der Waals surface area (Å²) in [6.07, 6.45) is -2.05. The van der Waals surface area contributed by atoms with Gasteiger partial charge in [0, 0.05) is 6.20 Å². The van der Waals surface area contributed by atoms with E-state index in [-0.39, 0.29) is 17.9 Å². The molecule has 2 unspecified atom stereocenters. The summed E-state index contributed by atoms with van der Waals surface area (Å²) in [6, 6.07) is 2.40. The maximum Gasteiger partial charge on any atom is 0.335 e. The van der Waals surface area contributed by atoms with Gasteiger partial charge in [-0.2, -0.15) is 0 Å². The van der Waals surface area contributed by atoms with E-state index in [0.29, 0.717) is 0 Å². The van der Waals surface area contributed by atoms with Crippen molar-refractivity contribution in [3.8, 4) is 0 Å². The molecule has 0 aliphatic carbocycles. The minimum atomic E-state index is -1.45. The Bertz CT molecular complexity index is 461. The molecule has 0 fully saturated rings. The summed E-state index contributed by atoms with van der Waals surface area (Å²) in [5.74, 6) is -1.82. The van der Waals surface area contributed by atoms with Gasteiger partial charge in [0.1, 0.15) is 6.10 Å². The van der Waals surface area contributed by atoms with E-state index in [1.54, 1.807) is 6.92 Å². The van der Waals surface area contributed by atoms with Crippen molar-refractivity contribution < 1.29 is 29.6 Å². The highest BCUT2D eigenvalue weighted by Crippen LogP contribution is 2.18. The van der Waals surface area contributed by atoms with Gasteiger partial charge < -0.3 is 20.1 Å². The molecule has 3 N–H and O–H groups in total. The zero-order chi connectivity index (χ0) is 14.4. The van der Waals surface area contributed by atoms with Crippen molar-refractivity contribution >= 4 is 11.9 Å². The molecular weight excluding hydrogens is 254 g/mol. The number of hydrogen-bond donors (Lipinski definition) is 3. The molecule has 19 heavy (non-hydrogen) atoms. The van der Waals surface area contributed by atoms with Crippen LogP contribution in [0.3, 0.4) is 0 Å². The lowest BCUT2D eigenvalue weighted by molar-refractivity contribution is -0.147. The molecule has 7 heteroatoms. The minimum Gasteiger partial charge on any atom is -0.478 e. The number of pyridine rings is 1. The third-order valence-electron chi connectivity index (χ3n) is 2.38. The predicted octanol–water partition coefficient (Wildman–Crippen LogP) is 0.127. The van der Waals surface area contributed by atoms with Crippen molar-refractivity contribution in [1.82, 2.24) is 4.98 Å². The normalized spacial score (nSPS) is 13.6. The summed E-state index contributed by atoms with van der Waals surface area (Å²) >= 11 is 0. The fraction of sp³-hybridized carbons (Fsp3) is 0.417. The fourth-order valence-corrected chi connectivity index (χ4v) is 1.44. The Labute approximate surface area is 109 Å². The minimum absolute atomic E-state index is 0.0169. The molecule has 1 rings (SSSR count). The van der Waals surface area contributed by atoms with Gasteiger partial charge in [-0.25, -0.2) is 4.79 Å². The van der Waals surface area contributed by atoms with Gasteiger partial charge in [0.2, 0.25) is 0 Å². The number of aliphatic hydroxyl groups excluding tert-OH is 2. The first-order valence-electron chi connectivity index (χ1n) is 5.66. The summed E-state index contributed by atoms with van der Waals surface area (Å²) in [5.41, 5.74) is -0.0796. The van der Waals surface area contributed by atoms with Crippen LogP contribution in [0, 0.1) is 0 Å². The molecule has 7 nitrogen and oxygen atoms in total. The van der Waals surface area contributed by atoms with E-state index in [2.05, 4.69) is 9.72 Å². The number of rotatable bonds is 6. The Morgan fingerprint density at radius 3 is 2.68 bits per heavy atom. The lowest BCUT2D eigenvalue weighted by Crippen LogP contribution is -2.24. The van der Waals surface area contributed by atoms with Crippen LogP contribution in [0.15, 0.2) is 18.3 Å². The van der Waals surface area contributed by atoms with Crippen molar-refractivity contribution in [2.24, 2.45) is 0 Å². The molecule has 2 atom stereocenters. The van der Waals surface area contributed by atoms with Crippen molar-refractivity contribution in [2.75, 3.05) is 6.61 Å². The van der Waals surface area contributed by atoms with Gasteiger partial charge in [-0.05, 0) is 19.1 Å². The van der Waals surface area contributed by atoms with E-state index < -0.39 is 30.6 Å². The van der Waals surface area contributed by atoms with Gasteiger partial charge >= 0.3 is 11.9 Å². The third-order valence-corrected chi connectivity index (χ3v) is 2.38. The molecule has 0 aliphatic rings. The van der Waals surface area contributed by atoms with Crippen LogP contribution in [0.1, 0.15) is 35.5 Å². The van der Waals surface area contributed by atoms with Crippen LogP contribution in [-0.2, 0) is 9.53 Å². The lowest BCUT2D eigenvalue weighted by Gasteiger charge is -2.16. The standard InChI is InChI=1S/C12H15NO6/c1-2-19-10(15)6-9(14)11(16)8-5-7(12(17)18)3-4-13-8/h3-5,9,11,14,16H,2,6H2,1H3,(H,17,18). The molecule has 104 valence electrons. The number of carbonyl (C=O) groups excluding carboxylic acids is 1. The molecule has 0 bridgehead atoms. The number of carbonyl (C=O) groups is 2. The first-order valence-corrected chi connectivity index (χ1v) is 5.66. The molecule has 0 amide bonds. The van der Waals surface area contributed by atoms with E-state index in [1.807, 2.05) is 0 Å². The van der Waals surface area contributed by atoms with Crippen molar-refractivity contribution in [3.05, 3.63) is 29.6 Å². The van der Waals surface area contributed by atoms with E-state index in [9.17, 15) is 19.8 Å². The highest BCUT2D eigenvalue weighted by Gasteiger charge is 2.23. The summed E-state index contributed by atoms with van der Waals surface area (Å²) in [6.45, 7) is 1.80. The number of carboxylic acid groups (broad SMARTS) is 1. The Balaban J connectivity index is 2.76. The number of nitrogens with zero attached hydrogens (tertiary/aromatic N) is 1. The average molecular weight is 269 g/mol. The summed E-state index contributed by atoms with van der Waals surface area (Å²) in [4.78, 5) is 25.7. The number of aliphatic hydroxyl groups is 2. The van der Waals surface area contributed by atoms with Crippen LogP contribution in [0.4, 0.5) is 0 Å². The van der Waals surface area contributed by atoms with Crippen LogP contribution in [-0.4, -0.2) is 45.0 Å². The summed E-state index contributed by atoms with van der Waals surface area (Å²) in [5, 5.41) is 28.3. The Kier molecular flexibility index (Phi) is 5.40. The van der Waals surface area contributed by atoms with Crippen LogP contribution in [0.2, 0.25) is 0 Å². The number of aromatic carboxylic acids is 1. The second kappa shape index (κ2) is 6.81. The van der Waals surface area contributed by atoms with Gasteiger partial charge in [-0.15, -0.1) is 0 Å². The van der Waals surface area contributed by atoms with Crippen molar-refractivity contribution in [2.45, 2.75) is 25.6 Å². The number of ether oxygens (including phenoxy) is 1. The maximum atomic E-state index is 11.2. The molecule has 0 aromatic carbocycles. The van der Waals surface area contributed by atoms with Crippen LogP contribution < -0.4 is 0 Å². The number of hydrogen-bond acceptors (Lipinski definition) is 6. The van der Waals surface area contributed by atoms with Crippen LogP contribution >= 0.6 is 0 Å². The highest BCUT2D eigenvalue weighted by molar-refractivity contribution is 5.87.